The number of aromatic nitrogens is 1. The lowest BCUT2D eigenvalue weighted by Gasteiger charge is -2.27. The van der Waals surface area contributed by atoms with Gasteiger partial charge in [0.25, 0.3) is 5.91 Å². The molecule has 114 valence electrons. The van der Waals surface area contributed by atoms with Gasteiger partial charge < -0.3 is 19.7 Å². The van der Waals surface area contributed by atoms with Crippen molar-refractivity contribution >= 4 is 11.7 Å². The first-order valence-electron chi connectivity index (χ1n) is 7.51. The van der Waals surface area contributed by atoms with Crippen LogP contribution in [0.25, 0.3) is 0 Å². The third-order valence-corrected chi connectivity index (χ3v) is 3.86. The molecule has 0 aliphatic carbocycles. The number of hydrogen-bond donors (Lipinski definition) is 1. The van der Waals surface area contributed by atoms with E-state index in [1.807, 2.05) is 12.1 Å². The highest BCUT2D eigenvalue weighted by Crippen LogP contribution is 2.14. The molecule has 0 aromatic carbocycles. The van der Waals surface area contributed by atoms with E-state index in [-0.39, 0.29) is 12.0 Å². The fraction of sp³-hybridized carbons (Fsp3) is 0.600. The van der Waals surface area contributed by atoms with E-state index in [4.69, 9.17) is 9.47 Å². The molecule has 6 nitrogen and oxygen atoms in total. The number of morpholine rings is 1. The monoisotopic (exact) mass is 291 g/mol. The molecular formula is C15H21N3O3. The van der Waals surface area contributed by atoms with Crippen LogP contribution >= 0.6 is 0 Å². The Balaban J connectivity index is 1.54. The highest BCUT2D eigenvalue weighted by Gasteiger charge is 2.17. The van der Waals surface area contributed by atoms with Gasteiger partial charge in [0.1, 0.15) is 5.82 Å². The largest absolute Gasteiger partial charge is 0.378 e. The third-order valence-electron chi connectivity index (χ3n) is 3.86. The molecular weight excluding hydrogens is 270 g/mol. The van der Waals surface area contributed by atoms with Crippen molar-refractivity contribution in [3.63, 3.8) is 0 Å². The SMILES string of the molecule is O=C(NCC1CCCO1)c1ccc(N2CCOCC2)nc1. The van der Waals surface area contributed by atoms with Crippen LogP contribution in [-0.4, -0.2) is 56.5 Å². The topological polar surface area (TPSA) is 63.7 Å². The number of anilines is 1. The molecule has 1 unspecified atom stereocenters. The first-order chi connectivity index (χ1) is 10.3. The molecule has 0 saturated carbocycles. The van der Waals surface area contributed by atoms with Crippen LogP contribution in [0.3, 0.4) is 0 Å². The summed E-state index contributed by atoms with van der Waals surface area (Å²) < 4.78 is 10.8. The molecule has 1 aromatic rings. The van der Waals surface area contributed by atoms with Gasteiger partial charge in [-0.2, -0.15) is 0 Å². The van der Waals surface area contributed by atoms with E-state index in [2.05, 4.69) is 15.2 Å². The summed E-state index contributed by atoms with van der Waals surface area (Å²) in [5.41, 5.74) is 0.588. The van der Waals surface area contributed by atoms with Crippen molar-refractivity contribution in [2.24, 2.45) is 0 Å². The molecule has 0 spiro atoms. The predicted octanol–water partition coefficient (Wildman–Crippen LogP) is 0.827. The van der Waals surface area contributed by atoms with Gasteiger partial charge in [-0.15, -0.1) is 0 Å². The summed E-state index contributed by atoms with van der Waals surface area (Å²) in [6, 6.07) is 3.72. The van der Waals surface area contributed by atoms with Crippen LogP contribution in [0.1, 0.15) is 23.2 Å². The molecule has 1 atom stereocenters. The van der Waals surface area contributed by atoms with Crippen molar-refractivity contribution in [3.05, 3.63) is 23.9 Å². The molecule has 3 heterocycles. The molecule has 2 aliphatic heterocycles. The molecule has 6 heteroatoms. The van der Waals surface area contributed by atoms with E-state index >= 15 is 0 Å². The van der Waals surface area contributed by atoms with E-state index in [0.29, 0.717) is 12.1 Å². The van der Waals surface area contributed by atoms with E-state index in [0.717, 1.165) is 51.6 Å². The minimum absolute atomic E-state index is 0.0912. The predicted molar refractivity (Wildman–Crippen MR) is 78.6 cm³/mol. The number of nitrogens with zero attached hydrogens (tertiary/aromatic N) is 2. The van der Waals surface area contributed by atoms with Gasteiger partial charge in [0.2, 0.25) is 0 Å². The number of rotatable bonds is 4. The molecule has 21 heavy (non-hydrogen) atoms. The molecule has 0 radical (unpaired) electrons. The quantitative estimate of drug-likeness (QED) is 0.890. The van der Waals surface area contributed by atoms with Crippen LogP contribution in [0, 0.1) is 0 Å². The average molecular weight is 291 g/mol. The highest BCUT2D eigenvalue weighted by atomic mass is 16.5. The van der Waals surface area contributed by atoms with Gasteiger partial charge in [-0.05, 0) is 25.0 Å². The standard InChI is InChI=1S/C15H21N3O3/c19-15(17-11-13-2-1-7-21-13)12-3-4-14(16-10-12)18-5-8-20-9-6-18/h3-4,10,13H,1-2,5-9,11H2,(H,17,19). The van der Waals surface area contributed by atoms with E-state index in [1.165, 1.54) is 0 Å². The maximum atomic E-state index is 12.0. The lowest BCUT2D eigenvalue weighted by atomic mass is 10.2. The van der Waals surface area contributed by atoms with Crippen molar-refractivity contribution in [3.8, 4) is 0 Å². The van der Waals surface area contributed by atoms with Gasteiger partial charge in [-0.3, -0.25) is 4.79 Å². The van der Waals surface area contributed by atoms with Crippen molar-refractivity contribution in [1.82, 2.24) is 10.3 Å². The van der Waals surface area contributed by atoms with E-state index in [1.54, 1.807) is 6.20 Å². The van der Waals surface area contributed by atoms with Crippen LogP contribution in [0.4, 0.5) is 5.82 Å². The van der Waals surface area contributed by atoms with E-state index in [9.17, 15) is 4.79 Å². The molecule has 1 aromatic heterocycles. The number of ether oxygens (including phenoxy) is 2. The minimum atomic E-state index is -0.0912. The summed E-state index contributed by atoms with van der Waals surface area (Å²) in [6.45, 7) is 4.52. The molecule has 0 bridgehead atoms. The van der Waals surface area contributed by atoms with Gasteiger partial charge in [-0.1, -0.05) is 0 Å². The molecule has 2 fully saturated rings. The minimum Gasteiger partial charge on any atom is -0.378 e. The first kappa shape index (κ1) is 14.3. The number of carbonyl (C=O) groups is 1. The Morgan fingerprint density at radius 1 is 1.33 bits per heavy atom. The van der Waals surface area contributed by atoms with Crippen LogP contribution in [-0.2, 0) is 9.47 Å². The number of hydrogen-bond acceptors (Lipinski definition) is 5. The number of pyridine rings is 1. The summed E-state index contributed by atoms with van der Waals surface area (Å²) >= 11 is 0. The van der Waals surface area contributed by atoms with Gasteiger partial charge in [0, 0.05) is 32.4 Å². The summed E-state index contributed by atoms with van der Waals surface area (Å²) in [7, 11) is 0. The Morgan fingerprint density at radius 3 is 2.86 bits per heavy atom. The fourth-order valence-electron chi connectivity index (χ4n) is 2.61. The Kier molecular flexibility index (Phi) is 4.67. The van der Waals surface area contributed by atoms with Crippen LogP contribution in [0.15, 0.2) is 18.3 Å². The summed E-state index contributed by atoms with van der Waals surface area (Å²) in [6.07, 6.45) is 3.90. The lowest BCUT2D eigenvalue weighted by Crippen LogP contribution is -2.36. The van der Waals surface area contributed by atoms with Crippen molar-refractivity contribution in [1.29, 1.82) is 0 Å². The van der Waals surface area contributed by atoms with Crippen LogP contribution in [0.5, 0.6) is 0 Å². The second kappa shape index (κ2) is 6.87. The van der Waals surface area contributed by atoms with Gasteiger partial charge in [0.15, 0.2) is 0 Å². The number of carbonyl (C=O) groups excluding carboxylic acids is 1. The van der Waals surface area contributed by atoms with Crippen molar-refractivity contribution < 1.29 is 14.3 Å². The average Bonchev–Trinajstić information content (AvgIpc) is 3.07. The maximum absolute atomic E-state index is 12.0. The zero-order valence-corrected chi connectivity index (χ0v) is 12.1. The normalized spacial score (nSPS) is 22.3. The maximum Gasteiger partial charge on any atom is 0.252 e. The first-order valence-corrected chi connectivity index (χ1v) is 7.51. The Morgan fingerprint density at radius 2 is 2.19 bits per heavy atom. The van der Waals surface area contributed by atoms with Crippen LogP contribution in [0.2, 0.25) is 0 Å². The molecule has 3 rings (SSSR count). The van der Waals surface area contributed by atoms with Crippen molar-refractivity contribution in [2.45, 2.75) is 18.9 Å². The van der Waals surface area contributed by atoms with Gasteiger partial charge >= 0.3 is 0 Å². The van der Waals surface area contributed by atoms with Crippen LogP contribution < -0.4 is 10.2 Å². The zero-order chi connectivity index (χ0) is 14.5. The zero-order valence-electron chi connectivity index (χ0n) is 12.1. The van der Waals surface area contributed by atoms with Gasteiger partial charge in [-0.25, -0.2) is 4.98 Å². The molecule has 1 N–H and O–H groups in total. The summed E-state index contributed by atoms with van der Waals surface area (Å²) in [5, 5.41) is 2.90. The third kappa shape index (κ3) is 3.71. The Labute approximate surface area is 124 Å². The summed E-state index contributed by atoms with van der Waals surface area (Å²) in [5.74, 6) is 0.806. The van der Waals surface area contributed by atoms with Crippen molar-refractivity contribution in [2.75, 3.05) is 44.4 Å². The Hall–Kier alpha value is -1.66. The number of nitrogens with one attached hydrogen (secondary N) is 1. The Bertz CT molecular complexity index is 466. The summed E-state index contributed by atoms with van der Waals surface area (Å²) in [4.78, 5) is 18.6. The fourth-order valence-corrected chi connectivity index (χ4v) is 2.61. The molecule has 1 amide bonds. The number of amides is 1. The molecule has 2 aliphatic rings. The van der Waals surface area contributed by atoms with Gasteiger partial charge in [0.05, 0.1) is 24.9 Å². The molecule has 2 saturated heterocycles. The second-order valence-electron chi connectivity index (χ2n) is 5.35. The lowest BCUT2D eigenvalue weighted by molar-refractivity contribution is 0.0857. The van der Waals surface area contributed by atoms with E-state index < -0.39 is 0 Å². The second-order valence-corrected chi connectivity index (χ2v) is 5.35. The highest BCUT2D eigenvalue weighted by molar-refractivity contribution is 5.94. The smallest absolute Gasteiger partial charge is 0.252 e.